The van der Waals surface area contributed by atoms with Gasteiger partial charge in [-0.15, -0.1) is 0 Å². The first-order chi connectivity index (χ1) is 10.7. The maximum absolute atomic E-state index is 4.82. The van der Waals surface area contributed by atoms with E-state index >= 15 is 0 Å². The SMILES string of the molecule is Cc1nc(-c2ccccc2)nc(-c2ccccc2)c1C(Br)Br. The first kappa shape index (κ1) is 15.4. The lowest BCUT2D eigenvalue weighted by Gasteiger charge is -2.14. The van der Waals surface area contributed by atoms with Gasteiger partial charge in [0.15, 0.2) is 5.82 Å². The summed E-state index contributed by atoms with van der Waals surface area (Å²) >= 11 is 7.20. The van der Waals surface area contributed by atoms with Gasteiger partial charge in [0.25, 0.3) is 0 Å². The minimum Gasteiger partial charge on any atom is -0.233 e. The fourth-order valence-corrected chi connectivity index (χ4v) is 3.47. The highest BCUT2D eigenvalue weighted by Gasteiger charge is 2.18. The zero-order chi connectivity index (χ0) is 15.5. The largest absolute Gasteiger partial charge is 0.233 e. The third-order valence-corrected chi connectivity index (χ3v) is 4.35. The second-order valence-electron chi connectivity index (χ2n) is 4.93. The zero-order valence-electron chi connectivity index (χ0n) is 12.0. The summed E-state index contributed by atoms with van der Waals surface area (Å²) in [7, 11) is 0. The van der Waals surface area contributed by atoms with Gasteiger partial charge in [0, 0.05) is 22.4 Å². The van der Waals surface area contributed by atoms with Crippen LogP contribution in [-0.4, -0.2) is 9.97 Å². The predicted octanol–water partition coefficient (Wildman–Crippen LogP) is 5.91. The Hall–Kier alpha value is -1.52. The number of hydrogen-bond donors (Lipinski definition) is 0. The molecule has 3 rings (SSSR count). The van der Waals surface area contributed by atoms with Gasteiger partial charge in [-0.25, -0.2) is 9.97 Å². The first-order valence-electron chi connectivity index (χ1n) is 6.94. The zero-order valence-corrected chi connectivity index (χ0v) is 15.2. The van der Waals surface area contributed by atoms with Crippen LogP contribution in [0.15, 0.2) is 60.7 Å². The molecule has 110 valence electrons. The van der Waals surface area contributed by atoms with Gasteiger partial charge in [0.05, 0.1) is 9.43 Å². The van der Waals surface area contributed by atoms with Gasteiger partial charge in [-0.2, -0.15) is 0 Å². The van der Waals surface area contributed by atoms with Gasteiger partial charge < -0.3 is 0 Å². The summed E-state index contributed by atoms with van der Waals surface area (Å²) in [6, 6.07) is 20.3. The Kier molecular flexibility index (Phi) is 4.69. The number of aromatic nitrogens is 2. The molecule has 2 nitrogen and oxygen atoms in total. The number of rotatable bonds is 3. The lowest BCUT2D eigenvalue weighted by Crippen LogP contribution is -2.02. The summed E-state index contributed by atoms with van der Waals surface area (Å²) in [5.41, 5.74) is 5.09. The fraction of sp³-hybridized carbons (Fsp3) is 0.111. The lowest BCUT2D eigenvalue weighted by atomic mass is 10.1. The maximum Gasteiger partial charge on any atom is 0.160 e. The van der Waals surface area contributed by atoms with E-state index in [-0.39, 0.29) is 3.74 Å². The average molecular weight is 418 g/mol. The van der Waals surface area contributed by atoms with Crippen molar-refractivity contribution in [1.29, 1.82) is 0 Å². The van der Waals surface area contributed by atoms with Crippen LogP contribution in [0.25, 0.3) is 22.6 Å². The lowest BCUT2D eigenvalue weighted by molar-refractivity contribution is 1.07. The molecule has 0 N–H and O–H groups in total. The van der Waals surface area contributed by atoms with Crippen molar-refractivity contribution in [1.82, 2.24) is 9.97 Å². The van der Waals surface area contributed by atoms with E-state index in [4.69, 9.17) is 4.98 Å². The van der Waals surface area contributed by atoms with E-state index in [1.54, 1.807) is 0 Å². The molecule has 22 heavy (non-hydrogen) atoms. The summed E-state index contributed by atoms with van der Waals surface area (Å²) in [5, 5.41) is 0. The van der Waals surface area contributed by atoms with Crippen LogP contribution in [0, 0.1) is 6.92 Å². The van der Waals surface area contributed by atoms with Crippen molar-refractivity contribution in [2.24, 2.45) is 0 Å². The van der Waals surface area contributed by atoms with Crippen LogP contribution in [0.5, 0.6) is 0 Å². The number of benzene rings is 2. The van der Waals surface area contributed by atoms with Gasteiger partial charge in [-0.3, -0.25) is 0 Å². The minimum atomic E-state index is 0.0139. The Morgan fingerprint density at radius 2 is 1.32 bits per heavy atom. The van der Waals surface area contributed by atoms with Crippen molar-refractivity contribution in [3.63, 3.8) is 0 Å². The number of aryl methyl sites for hydroxylation is 1. The Morgan fingerprint density at radius 1 is 0.773 bits per heavy atom. The van der Waals surface area contributed by atoms with Gasteiger partial charge in [0.1, 0.15) is 0 Å². The molecular weight excluding hydrogens is 404 g/mol. The summed E-state index contributed by atoms with van der Waals surface area (Å²) in [4.78, 5) is 9.50. The van der Waals surface area contributed by atoms with Crippen molar-refractivity contribution in [2.45, 2.75) is 10.7 Å². The molecule has 1 heterocycles. The van der Waals surface area contributed by atoms with Crippen LogP contribution in [0.3, 0.4) is 0 Å². The van der Waals surface area contributed by atoms with Crippen molar-refractivity contribution in [3.8, 4) is 22.6 Å². The number of halogens is 2. The van der Waals surface area contributed by atoms with E-state index in [0.717, 1.165) is 33.9 Å². The van der Waals surface area contributed by atoms with E-state index in [9.17, 15) is 0 Å². The minimum absolute atomic E-state index is 0.0139. The standard InChI is InChI=1S/C18H14Br2N2/c1-12-15(17(19)20)16(13-8-4-2-5-9-13)22-18(21-12)14-10-6-3-7-11-14/h2-11,17H,1H3. The Bertz CT molecular complexity index is 772. The van der Waals surface area contributed by atoms with Crippen molar-refractivity contribution in [2.75, 3.05) is 0 Å². The van der Waals surface area contributed by atoms with E-state index in [1.165, 1.54) is 0 Å². The summed E-state index contributed by atoms with van der Waals surface area (Å²) in [6.45, 7) is 2.02. The molecule has 1 aromatic heterocycles. The third kappa shape index (κ3) is 3.13. The van der Waals surface area contributed by atoms with Crippen LogP contribution in [0.4, 0.5) is 0 Å². The molecule has 0 saturated carbocycles. The van der Waals surface area contributed by atoms with E-state index in [1.807, 2.05) is 55.5 Å². The predicted molar refractivity (Wildman–Crippen MR) is 98.2 cm³/mol. The molecule has 0 unspecified atom stereocenters. The van der Waals surface area contributed by atoms with E-state index < -0.39 is 0 Å². The van der Waals surface area contributed by atoms with Crippen LogP contribution in [-0.2, 0) is 0 Å². The number of hydrogen-bond acceptors (Lipinski definition) is 2. The monoisotopic (exact) mass is 416 g/mol. The van der Waals surface area contributed by atoms with Gasteiger partial charge >= 0.3 is 0 Å². The quantitative estimate of drug-likeness (QED) is 0.495. The summed E-state index contributed by atoms with van der Waals surface area (Å²) in [6.07, 6.45) is 0. The van der Waals surface area contributed by atoms with Crippen LogP contribution >= 0.6 is 31.9 Å². The van der Waals surface area contributed by atoms with Crippen molar-refractivity contribution >= 4 is 31.9 Å². The molecule has 0 aliphatic carbocycles. The van der Waals surface area contributed by atoms with E-state index in [2.05, 4.69) is 49.0 Å². The normalized spacial score (nSPS) is 10.9. The Labute approximate surface area is 146 Å². The summed E-state index contributed by atoms with van der Waals surface area (Å²) < 4.78 is 0.0139. The number of alkyl halides is 2. The summed E-state index contributed by atoms with van der Waals surface area (Å²) in [5.74, 6) is 0.751. The highest BCUT2D eigenvalue weighted by Crippen LogP contribution is 2.38. The van der Waals surface area contributed by atoms with Crippen LogP contribution in [0.2, 0.25) is 0 Å². The van der Waals surface area contributed by atoms with Gasteiger partial charge in [0.2, 0.25) is 0 Å². The van der Waals surface area contributed by atoms with E-state index in [0.29, 0.717) is 0 Å². The first-order valence-corrected chi connectivity index (χ1v) is 8.77. The molecular formula is C18H14Br2N2. The van der Waals surface area contributed by atoms with Crippen molar-refractivity contribution in [3.05, 3.63) is 71.9 Å². The second kappa shape index (κ2) is 6.71. The average Bonchev–Trinajstić information content (AvgIpc) is 2.55. The number of nitrogens with zero attached hydrogens (tertiary/aromatic N) is 2. The smallest absolute Gasteiger partial charge is 0.160 e. The third-order valence-electron chi connectivity index (χ3n) is 3.43. The maximum atomic E-state index is 4.82. The molecule has 0 amide bonds. The molecule has 0 aliphatic rings. The molecule has 0 bridgehead atoms. The van der Waals surface area contributed by atoms with Crippen LogP contribution in [0.1, 0.15) is 15.0 Å². The van der Waals surface area contributed by atoms with Crippen molar-refractivity contribution < 1.29 is 0 Å². The Balaban J connectivity index is 2.24. The fourth-order valence-electron chi connectivity index (χ4n) is 2.38. The molecule has 0 atom stereocenters. The highest BCUT2D eigenvalue weighted by atomic mass is 79.9. The van der Waals surface area contributed by atoms with Gasteiger partial charge in [-0.05, 0) is 6.92 Å². The molecule has 0 saturated heterocycles. The molecule has 0 aliphatic heterocycles. The molecule has 0 spiro atoms. The molecule has 0 fully saturated rings. The Morgan fingerprint density at radius 3 is 1.86 bits per heavy atom. The molecule has 3 aromatic rings. The second-order valence-corrected chi connectivity index (χ2v) is 7.99. The molecule has 2 aromatic carbocycles. The van der Waals surface area contributed by atoms with Crippen LogP contribution < -0.4 is 0 Å². The highest BCUT2D eigenvalue weighted by molar-refractivity contribution is 9.24. The molecule has 4 heteroatoms. The molecule has 0 radical (unpaired) electrons. The topological polar surface area (TPSA) is 25.8 Å². The van der Waals surface area contributed by atoms with Gasteiger partial charge in [-0.1, -0.05) is 92.5 Å².